The van der Waals surface area contributed by atoms with Gasteiger partial charge in [0.15, 0.2) is 0 Å². The Morgan fingerprint density at radius 1 is 0.793 bits per heavy atom. The zero-order chi connectivity index (χ0) is 19.9. The summed E-state index contributed by atoms with van der Waals surface area (Å²) in [6.07, 6.45) is 0. The van der Waals surface area contributed by atoms with Gasteiger partial charge in [0.05, 0.1) is 21.8 Å². The van der Waals surface area contributed by atoms with Gasteiger partial charge in [0.25, 0.3) is 0 Å². The van der Waals surface area contributed by atoms with Crippen molar-refractivity contribution in [3.05, 3.63) is 101 Å². The molecule has 142 valence electrons. The highest BCUT2D eigenvalue weighted by Crippen LogP contribution is 2.66. The molecule has 5 heteroatoms. The summed E-state index contributed by atoms with van der Waals surface area (Å²) in [5.74, 6) is -2.07. The zero-order valence-electron chi connectivity index (χ0n) is 15.2. The number of amides is 2. The van der Waals surface area contributed by atoms with Crippen LogP contribution < -0.4 is 4.90 Å². The molecule has 3 aliphatic carbocycles. The number of nitrogens with zero attached hydrogens (tertiary/aromatic N) is 1. The molecule has 1 saturated heterocycles. The standard InChI is InChI=1S/C24H15BrFNO2/c25-24-17-7-3-1-5-15(17)19(16-6-2-4-8-18(16)24)20-21(24)23(29)27(22(20)28)14-11-9-13(26)10-12-14/h1-12,19-21H. The van der Waals surface area contributed by atoms with Gasteiger partial charge in [-0.25, -0.2) is 9.29 Å². The van der Waals surface area contributed by atoms with Crippen LogP contribution in [0.2, 0.25) is 0 Å². The average molecular weight is 448 g/mol. The lowest BCUT2D eigenvalue weighted by Crippen LogP contribution is -2.50. The second-order valence-corrected chi connectivity index (χ2v) is 9.11. The highest BCUT2D eigenvalue weighted by Gasteiger charge is 2.67. The number of anilines is 1. The number of carbonyl (C=O) groups excluding carboxylic acids is 2. The van der Waals surface area contributed by atoms with E-state index in [-0.39, 0.29) is 17.7 Å². The number of hydrogen-bond donors (Lipinski definition) is 0. The van der Waals surface area contributed by atoms with E-state index in [1.54, 1.807) is 0 Å². The van der Waals surface area contributed by atoms with Gasteiger partial charge in [0.1, 0.15) is 5.82 Å². The molecule has 2 unspecified atom stereocenters. The largest absolute Gasteiger partial charge is 0.274 e. The smallest absolute Gasteiger partial charge is 0.239 e. The van der Waals surface area contributed by atoms with Crippen LogP contribution in [-0.2, 0) is 13.9 Å². The van der Waals surface area contributed by atoms with Crippen molar-refractivity contribution in [1.82, 2.24) is 0 Å². The minimum absolute atomic E-state index is 0.172. The first-order valence-electron chi connectivity index (χ1n) is 9.54. The lowest BCUT2D eigenvalue weighted by molar-refractivity contribution is -0.122. The van der Waals surface area contributed by atoms with Gasteiger partial charge in [0.2, 0.25) is 11.8 Å². The Labute approximate surface area is 175 Å². The van der Waals surface area contributed by atoms with E-state index in [9.17, 15) is 14.0 Å². The van der Waals surface area contributed by atoms with E-state index in [0.29, 0.717) is 5.69 Å². The SMILES string of the molecule is O=C1C2C3c4ccccc4C(Br)(c4ccccc43)C2C(=O)N1c1ccc(F)cc1. The molecular formula is C24H15BrFNO2. The first-order chi connectivity index (χ1) is 14.0. The molecule has 1 aliphatic heterocycles. The lowest BCUT2D eigenvalue weighted by Gasteiger charge is -2.51. The topological polar surface area (TPSA) is 37.4 Å². The Morgan fingerprint density at radius 3 is 1.93 bits per heavy atom. The van der Waals surface area contributed by atoms with Crippen molar-refractivity contribution in [2.45, 2.75) is 10.2 Å². The first kappa shape index (κ1) is 17.1. The Balaban J connectivity index is 1.61. The Morgan fingerprint density at radius 2 is 1.34 bits per heavy atom. The predicted octanol–water partition coefficient (Wildman–Crippen LogP) is 4.73. The molecule has 3 aromatic rings. The summed E-state index contributed by atoms with van der Waals surface area (Å²) in [5.41, 5.74) is 4.69. The number of halogens is 2. The van der Waals surface area contributed by atoms with Crippen LogP contribution in [0.1, 0.15) is 28.2 Å². The summed E-state index contributed by atoms with van der Waals surface area (Å²) >= 11 is 3.96. The number of carbonyl (C=O) groups is 2. The van der Waals surface area contributed by atoms with E-state index in [1.807, 2.05) is 36.4 Å². The second kappa shape index (κ2) is 5.63. The number of benzene rings is 3. The van der Waals surface area contributed by atoms with Gasteiger partial charge in [0, 0.05) is 5.92 Å². The van der Waals surface area contributed by atoms with Crippen molar-refractivity contribution >= 4 is 33.4 Å². The van der Waals surface area contributed by atoms with Crippen LogP contribution >= 0.6 is 15.9 Å². The predicted molar refractivity (Wildman–Crippen MR) is 110 cm³/mol. The normalized spacial score (nSPS) is 28.9. The van der Waals surface area contributed by atoms with Crippen molar-refractivity contribution in [3.63, 3.8) is 0 Å². The summed E-state index contributed by atoms with van der Waals surface area (Å²) in [6, 6.07) is 21.6. The van der Waals surface area contributed by atoms with Gasteiger partial charge in [-0.2, -0.15) is 0 Å². The van der Waals surface area contributed by atoms with E-state index in [4.69, 9.17) is 0 Å². The van der Waals surface area contributed by atoms with Crippen molar-refractivity contribution in [2.24, 2.45) is 11.8 Å². The van der Waals surface area contributed by atoms with Crippen LogP contribution in [0, 0.1) is 17.7 Å². The number of hydrogen-bond acceptors (Lipinski definition) is 2. The summed E-state index contributed by atoms with van der Waals surface area (Å²) in [5, 5.41) is 0. The molecule has 4 aliphatic rings. The summed E-state index contributed by atoms with van der Waals surface area (Å²) in [4.78, 5) is 28.5. The molecule has 7 rings (SSSR count). The summed E-state index contributed by atoms with van der Waals surface area (Å²) in [6.45, 7) is 0. The fourth-order valence-corrected chi connectivity index (χ4v) is 6.73. The fraction of sp³-hybridized carbons (Fsp3) is 0.167. The van der Waals surface area contributed by atoms with Crippen LogP contribution in [0.4, 0.5) is 10.1 Å². The van der Waals surface area contributed by atoms with Gasteiger partial charge in [-0.3, -0.25) is 9.59 Å². The first-order valence-corrected chi connectivity index (χ1v) is 10.3. The minimum Gasteiger partial charge on any atom is -0.274 e. The molecule has 0 radical (unpaired) electrons. The van der Waals surface area contributed by atoms with Gasteiger partial charge < -0.3 is 0 Å². The van der Waals surface area contributed by atoms with Crippen LogP contribution in [0.3, 0.4) is 0 Å². The molecule has 2 atom stereocenters. The number of rotatable bonds is 1. The maximum Gasteiger partial charge on any atom is 0.239 e. The van der Waals surface area contributed by atoms with Crippen LogP contribution in [0.15, 0.2) is 72.8 Å². The van der Waals surface area contributed by atoms with E-state index in [1.165, 1.54) is 29.2 Å². The maximum absolute atomic E-state index is 13.6. The third-order valence-corrected chi connectivity index (χ3v) is 7.95. The van der Waals surface area contributed by atoms with Crippen LogP contribution in [0.25, 0.3) is 0 Å². The minimum atomic E-state index is -0.763. The van der Waals surface area contributed by atoms with Crippen molar-refractivity contribution in [2.75, 3.05) is 4.90 Å². The Hall–Kier alpha value is -2.79. The summed E-state index contributed by atoms with van der Waals surface area (Å²) < 4.78 is 12.7. The van der Waals surface area contributed by atoms with Crippen molar-refractivity contribution in [1.29, 1.82) is 0 Å². The molecule has 0 N–H and O–H groups in total. The Bertz CT molecular complexity index is 1160. The maximum atomic E-state index is 13.6. The average Bonchev–Trinajstić information content (AvgIpc) is 3.01. The Kier molecular flexibility index (Phi) is 3.32. The monoisotopic (exact) mass is 447 g/mol. The van der Waals surface area contributed by atoms with Crippen molar-refractivity contribution < 1.29 is 14.0 Å². The molecule has 2 bridgehead atoms. The van der Waals surface area contributed by atoms with Gasteiger partial charge in [-0.05, 0) is 46.5 Å². The highest BCUT2D eigenvalue weighted by atomic mass is 79.9. The molecule has 0 spiro atoms. The van der Waals surface area contributed by atoms with Crippen LogP contribution in [-0.4, -0.2) is 11.8 Å². The quantitative estimate of drug-likeness (QED) is 0.399. The lowest BCUT2D eigenvalue weighted by atomic mass is 9.55. The molecule has 29 heavy (non-hydrogen) atoms. The van der Waals surface area contributed by atoms with Gasteiger partial charge in [-0.1, -0.05) is 64.5 Å². The molecule has 3 nitrogen and oxygen atoms in total. The number of imide groups is 1. The van der Waals surface area contributed by atoms with Crippen LogP contribution in [0.5, 0.6) is 0 Å². The molecule has 0 aromatic heterocycles. The third kappa shape index (κ3) is 1.96. The third-order valence-electron chi connectivity index (χ3n) is 6.60. The molecule has 2 amide bonds. The van der Waals surface area contributed by atoms with E-state index >= 15 is 0 Å². The number of alkyl halides is 1. The summed E-state index contributed by atoms with van der Waals surface area (Å²) in [7, 11) is 0. The van der Waals surface area contributed by atoms with Gasteiger partial charge >= 0.3 is 0 Å². The zero-order valence-corrected chi connectivity index (χ0v) is 16.8. The van der Waals surface area contributed by atoms with E-state index < -0.39 is 22.0 Å². The molecular weight excluding hydrogens is 433 g/mol. The van der Waals surface area contributed by atoms with Gasteiger partial charge in [-0.15, -0.1) is 0 Å². The highest BCUT2D eigenvalue weighted by molar-refractivity contribution is 9.09. The molecule has 1 fully saturated rings. The van der Waals surface area contributed by atoms with E-state index in [0.717, 1.165) is 22.3 Å². The fourth-order valence-electron chi connectivity index (χ4n) is 5.52. The van der Waals surface area contributed by atoms with Crippen molar-refractivity contribution in [3.8, 4) is 0 Å². The molecule has 0 saturated carbocycles. The molecule has 3 aromatic carbocycles. The van der Waals surface area contributed by atoms with E-state index in [2.05, 4.69) is 28.1 Å². The molecule has 1 heterocycles. The second-order valence-electron chi connectivity index (χ2n) is 7.86.